The first-order chi connectivity index (χ1) is 29.1. The number of para-hydroxylation sites is 1. The summed E-state index contributed by atoms with van der Waals surface area (Å²) >= 11 is 0. The molecule has 0 heterocycles. The number of benzene rings is 9. The van der Waals surface area contributed by atoms with E-state index in [1.807, 2.05) is 0 Å². The highest BCUT2D eigenvalue weighted by Gasteiger charge is 2.52. The fourth-order valence-electron chi connectivity index (χ4n) is 11.0. The Hall–Kier alpha value is -7.22. The number of rotatable bonds is 5. The summed E-state index contributed by atoms with van der Waals surface area (Å²) in [5.41, 5.74) is 23.6. The average molecular weight is 752 g/mol. The topological polar surface area (TPSA) is 3.24 Å². The van der Waals surface area contributed by atoms with Crippen molar-refractivity contribution in [2.45, 2.75) is 24.7 Å². The molecule has 0 saturated carbocycles. The highest BCUT2D eigenvalue weighted by Crippen LogP contribution is 2.65. The molecule has 0 amide bonds. The Morgan fingerprint density at radius 1 is 0.305 bits per heavy atom. The van der Waals surface area contributed by atoms with Crippen LogP contribution in [0.1, 0.15) is 47.2 Å². The van der Waals surface area contributed by atoms with Crippen LogP contribution in [0.25, 0.3) is 55.6 Å². The molecule has 1 heteroatoms. The van der Waals surface area contributed by atoms with E-state index in [4.69, 9.17) is 0 Å². The van der Waals surface area contributed by atoms with E-state index in [-0.39, 0.29) is 5.41 Å². The van der Waals surface area contributed by atoms with Gasteiger partial charge in [0.25, 0.3) is 0 Å². The van der Waals surface area contributed by atoms with Gasteiger partial charge in [-0.2, -0.15) is 0 Å². The SMILES string of the molecule is CC1(C)c2ccccc2-c2ccc(N(c3ccccc3-c3ccccc3-c3ccccc3)c3cccc4c3-c3ccccc3C43c4ccccc4-c4ccccc43)cc21. The maximum atomic E-state index is 2.57. The molecule has 0 unspecified atom stereocenters. The quantitative estimate of drug-likeness (QED) is 0.169. The van der Waals surface area contributed by atoms with E-state index in [1.165, 1.54) is 94.7 Å². The van der Waals surface area contributed by atoms with Gasteiger partial charge in [0.15, 0.2) is 0 Å². The molecule has 0 bridgehead atoms. The summed E-state index contributed by atoms with van der Waals surface area (Å²) in [4.78, 5) is 2.57. The lowest BCUT2D eigenvalue weighted by molar-refractivity contribution is 0.660. The summed E-state index contributed by atoms with van der Waals surface area (Å²) in [6, 6.07) is 79.2. The van der Waals surface area contributed by atoms with Gasteiger partial charge in [0.05, 0.1) is 16.8 Å². The van der Waals surface area contributed by atoms with Gasteiger partial charge in [-0.25, -0.2) is 0 Å². The molecule has 0 aliphatic heterocycles. The van der Waals surface area contributed by atoms with Crippen molar-refractivity contribution < 1.29 is 0 Å². The molecule has 9 aromatic rings. The summed E-state index contributed by atoms with van der Waals surface area (Å²) in [7, 11) is 0. The summed E-state index contributed by atoms with van der Waals surface area (Å²) in [5, 5.41) is 0. The lowest BCUT2D eigenvalue weighted by Crippen LogP contribution is -2.26. The zero-order valence-electron chi connectivity index (χ0n) is 33.2. The molecule has 0 fully saturated rings. The third kappa shape index (κ3) is 4.62. The maximum absolute atomic E-state index is 2.57. The Balaban J connectivity index is 1.17. The van der Waals surface area contributed by atoms with Crippen LogP contribution in [-0.4, -0.2) is 0 Å². The molecule has 1 spiro atoms. The molecule has 3 aliphatic rings. The minimum Gasteiger partial charge on any atom is -0.309 e. The fraction of sp³-hybridized carbons (Fsp3) is 0.0690. The van der Waals surface area contributed by atoms with Gasteiger partial charge in [0, 0.05) is 22.2 Å². The van der Waals surface area contributed by atoms with Gasteiger partial charge in [-0.05, 0) is 102 Å². The van der Waals surface area contributed by atoms with Gasteiger partial charge in [0.1, 0.15) is 0 Å². The van der Waals surface area contributed by atoms with Crippen LogP contribution in [0.5, 0.6) is 0 Å². The number of nitrogens with zero attached hydrogens (tertiary/aromatic N) is 1. The number of anilines is 3. The van der Waals surface area contributed by atoms with Gasteiger partial charge in [-0.3, -0.25) is 0 Å². The first-order valence-electron chi connectivity index (χ1n) is 20.8. The summed E-state index contributed by atoms with van der Waals surface area (Å²) < 4.78 is 0. The molecule has 12 rings (SSSR count). The number of fused-ring (bicyclic) bond motifs is 13. The van der Waals surface area contributed by atoms with E-state index in [1.54, 1.807) is 0 Å². The largest absolute Gasteiger partial charge is 0.309 e. The lowest BCUT2D eigenvalue weighted by atomic mass is 9.70. The average Bonchev–Trinajstić information content (AvgIpc) is 3.86. The number of hydrogen-bond donors (Lipinski definition) is 0. The van der Waals surface area contributed by atoms with Crippen LogP contribution in [0.3, 0.4) is 0 Å². The molecule has 0 atom stereocenters. The van der Waals surface area contributed by atoms with E-state index in [9.17, 15) is 0 Å². The van der Waals surface area contributed by atoms with Crippen LogP contribution < -0.4 is 4.90 Å². The van der Waals surface area contributed by atoms with E-state index in [0.29, 0.717) is 0 Å². The molecular formula is C58H41N. The Morgan fingerprint density at radius 2 is 0.763 bits per heavy atom. The zero-order valence-corrected chi connectivity index (χ0v) is 33.2. The standard InChI is InChI=1S/C58H41N/c1-57(2)48-28-13-8-23-42(48)45-36-35-39(37-53(45)57)59(54-33-17-12-26-46(54)41-22-7-6-21-40(41)38-19-4-3-5-20-38)55-34-18-32-52-56(55)47-27-11-16-31-51(47)58(52)49-29-14-9-24-43(49)44-25-10-15-30-50(44)58/h3-37H,1-2H3. The lowest BCUT2D eigenvalue weighted by Gasteiger charge is -2.33. The third-order valence-electron chi connectivity index (χ3n) is 13.5. The molecule has 0 N–H and O–H groups in total. The van der Waals surface area contributed by atoms with Crippen LogP contribution in [0, 0.1) is 0 Å². The van der Waals surface area contributed by atoms with Crippen LogP contribution in [-0.2, 0) is 10.8 Å². The van der Waals surface area contributed by atoms with E-state index in [2.05, 4.69) is 231 Å². The van der Waals surface area contributed by atoms with Crippen molar-refractivity contribution in [3.05, 3.63) is 246 Å². The van der Waals surface area contributed by atoms with Crippen LogP contribution in [0.15, 0.2) is 212 Å². The minimum atomic E-state index is -0.443. The monoisotopic (exact) mass is 751 g/mol. The van der Waals surface area contributed by atoms with Gasteiger partial charge < -0.3 is 4.90 Å². The highest BCUT2D eigenvalue weighted by molar-refractivity contribution is 6.03. The third-order valence-corrected chi connectivity index (χ3v) is 13.5. The summed E-state index contributed by atoms with van der Waals surface area (Å²) in [6.07, 6.45) is 0. The number of hydrogen-bond acceptors (Lipinski definition) is 1. The summed E-state index contributed by atoms with van der Waals surface area (Å²) in [6.45, 7) is 4.76. The molecule has 9 aromatic carbocycles. The second-order valence-corrected chi connectivity index (χ2v) is 16.8. The molecule has 59 heavy (non-hydrogen) atoms. The van der Waals surface area contributed by atoms with Crippen molar-refractivity contribution in [1.82, 2.24) is 0 Å². The van der Waals surface area contributed by atoms with Gasteiger partial charge >= 0.3 is 0 Å². The first kappa shape index (κ1) is 33.9. The Morgan fingerprint density at radius 3 is 1.44 bits per heavy atom. The zero-order chi connectivity index (χ0) is 39.3. The van der Waals surface area contributed by atoms with E-state index >= 15 is 0 Å². The van der Waals surface area contributed by atoms with Crippen LogP contribution >= 0.6 is 0 Å². The summed E-state index contributed by atoms with van der Waals surface area (Å²) in [5.74, 6) is 0. The van der Waals surface area contributed by atoms with Crippen LogP contribution in [0.4, 0.5) is 17.1 Å². The van der Waals surface area contributed by atoms with Crippen molar-refractivity contribution in [2.24, 2.45) is 0 Å². The second-order valence-electron chi connectivity index (χ2n) is 16.8. The van der Waals surface area contributed by atoms with Gasteiger partial charge in [-0.15, -0.1) is 0 Å². The minimum absolute atomic E-state index is 0.153. The Labute approximate surface area is 346 Å². The van der Waals surface area contributed by atoms with Crippen molar-refractivity contribution in [1.29, 1.82) is 0 Å². The van der Waals surface area contributed by atoms with E-state index in [0.717, 1.165) is 11.4 Å². The van der Waals surface area contributed by atoms with E-state index < -0.39 is 5.41 Å². The first-order valence-corrected chi connectivity index (χ1v) is 20.8. The van der Waals surface area contributed by atoms with Crippen molar-refractivity contribution in [2.75, 3.05) is 4.90 Å². The van der Waals surface area contributed by atoms with Crippen molar-refractivity contribution in [3.63, 3.8) is 0 Å². The molecule has 1 nitrogen and oxygen atoms in total. The molecule has 0 aromatic heterocycles. The smallest absolute Gasteiger partial charge is 0.0726 e. The maximum Gasteiger partial charge on any atom is 0.0726 e. The van der Waals surface area contributed by atoms with Crippen molar-refractivity contribution in [3.8, 4) is 55.6 Å². The van der Waals surface area contributed by atoms with Crippen molar-refractivity contribution >= 4 is 17.1 Å². The molecule has 3 aliphatic carbocycles. The molecule has 0 saturated heterocycles. The highest BCUT2D eigenvalue weighted by atomic mass is 15.1. The molecule has 0 radical (unpaired) electrons. The second kappa shape index (κ2) is 12.6. The predicted molar refractivity (Wildman–Crippen MR) is 246 cm³/mol. The predicted octanol–water partition coefficient (Wildman–Crippen LogP) is 15.1. The van der Waals surface area contributed by atoms with Gasteiger partial charge in [0.2, 0.25) is 0 Å². The Bertz CT molecular complexity index is 3100. The van der Waals surface area contributed by atoms with Gasteiger partial charge in [-0.1, -0.05) is 202 Å². The fourth-order valence-corrected chi connectivity index (χ4v) is 11.0. The van der Waals surface area contributed by atoms with Crippen LogP contribution in [0.2, 0.25) is 0 Å². The Kier molecular flexibility index (Phi) is 7.26. The molecular weight excluding hydrogens is 711 g/mol. The molecule has 278 valence electrons. The normalized spacial score (nSPS) is 14.2.